The quantitative estimate of drug-likeness (QED) is 0.858. The normalized spacial score (nSPS) is 10.2. The number of rotatable bonds is 3. The summed E-state index contributed by atoms with van der Waals surface area (Å²) in [4.78, 5) is 18.2. The van der Waals surface area contributed by atoms with Crippen LogP contribution < -0.4 is 10.6 Å². The van der Waals surface area contributed by atoms with E-state index < -0.39 is 0 Å². The summed E-state index contributed by atoms with van der Waals surface area (Å²) in [7, 11) is 0. The highest BCUT2D eigenvalue weighted by molar-refractivity contribution is 6.07. The number of para-hydroxylation sites is 2. The predicted molar refractivity (Wildman–Crippen MR) is 77.2 cm³/mol. The molecule has 0 spiro atoms. The van der Waals surface area contributed by atoms with Crippen LogP contribution in [-0.2, 0) is 0 Å². The number of benzene rings is 1. The van der Waals surface area contributed by atoms with Gasteiger partial charge in [0, 0.05) is 18.9 Å². The zero-order valence-corrected chi connectivity index (χ0v) is 11.1. The number of nitrogens with zero attached hydrogens (tertiary/aromatic N) is 2. The van der Waals surface area contributed by atoms with Gasteiger partial charge in [-0.2, -0.15) is 0 Å². The average Bonchev–Trinajstić information content (AvgIpc) is 2.41. The first-order valence-corrected chi connectivity index (χ1v) is 6.21. The summed E-state index contributed by atoms with van der Waals surface area (Å²) in [6.07, 6.45) is 3.31. The highest BCUT2D eigenvalue weighted by atomic mass is 16.2. The van der Waals surface area contributed by atoms with Crippen molar-refractivity contribution in [1.82, 2.24) is 4.98 Å². The fourth-order valence-corrected chi connectivity index (χ4v) is 1.98. The van der Waals surface area contributed by atoms with Crippen molar-refractivity contribution in [3.63, 3.8) is 0 Å². The van der Waals surface area contributed by atoms with E-state index in [0.717, 1.165) is 11.3 Å². The van der Waals surface area contributed by atoms with Gasteiger partial charge in [0.15, 0.2) is 0 Å². The van der Waals surface area contributed by atoms with Gasteiger partial charge in [0.05, 0.1) is 16.9 Å². The Hall–Kier alpha value is -2.36. The smallest absolute Gasteiger partial charge is 0.259 e. The number of carbonyl (C=O) groups excluding carboxylic acids is 1. The lowest BCUT2D eigenvalue weighted by atomic mass is 10.1. The van der Waals surface area contributed by atoms with Crippen LogP contribution in [-0.4, -0.2) is 17.4 Å². The van der Waals surface area contributed by atoms with Gasteiger partial charge in [-0.05, 0) is 37.6 Å². The fourth-order valence-electron chi connectivity index (χ4n) is 1.98. The number of carbonyl (C=O) groups is 1. The maximum Gasteiger partial charge on any atom is 0.259 e. The molecule has 1 amide bonds. The molecule has 2 aromatic rings. The highest BCUT2D eigenvalue weighted by Gasteiger charge is 2.18. The van der Waals surface area contributed by atoms with E-state index >= 15 is 0 Å². The van der Waals surface area contributed by atoms with Gasteiger partial charge in [-0.25, -0.2) is 0 Å². The van der Waals surface area contributed by atoms with Gasteiger partial charge in [-0.15, -0.1) is 0 Å². The van der Waals surface area contributed by atoms with Gasteiger partial charge < -0.3 is 10.6 Å². The minimum Gasteiger partial charge on any atom is -0.397 e. The monoisotopic (exact) mass is 255 g/mol. The zero-order chi connectivity index (χ0) is 13.8. The average molecular weight is 255 g/mol. The van der Waals surface area contributed by atoms with Crippen LogP contribution in [0, 0.1) is 6.92 Å². The fraction of sp³-hybridized carbons (Fsp3) is 0.200. The second-order valence-electron chi connectivity index (χ2n) is 4.36. The molecule has 0 saturated carbocycles. The Balaban J connectivity index is 2.38. The predicted octanol–water partition coefficient (Wildman–Crippen LogP) is 2.64. The van der Waals surface area contributed by atoms with Gasteiger partial charge in [0.25, 0.3) is 5.91 Å². The van der Waals surface area contributed by atoms with Crippen molar-refractivity contribution in [3.05, 3.63) is 53.9 Å². The molecule has 0 aliphatic heterocycles. The molecule has 4 nitrogen and oxygen atoms in total. The van der Waals surface area contributed by atoms with Crippen LogP contribution in [0.4, 0.5) is 11.4 Å². The molecule has 0 aliphatic carbocycles. The Morgan fingerprint density at radius 3 is 2.68 bits per heavy atom. The lowest BCUT2D eigenvalue weighted by Crippen LogP contribution is -2.31. The van der Waals surface area contributed by atoms with Gasteiger partial charge in [0.1, 0.15) is 0 Å². The SMILES string of the molecule is CCN(C(=O)c1cncc(C)c1)c1ccccc1N. The summed E-state index contributed by atoms with van der Waals surface area (Å²) in [5.74, 6) is -0.0865. The number of hydrogen-bond acceptors (Lipinski definition) is 3. The lowest BCUT2D eigenvalue weighted by molar-refractivity contribution is 0.0988. The molecule has 0 atom stereocenters. The number of amides is 1. The summed E-state index contributed by atoms with van der Waals surface area (Å²) in [5, 5.41) is 0. The third-order valence-electron chi connectivity index (χ3n) is 2.91. The van der Waals surface area contributed by atoms with Crippen molar-refractivity contribution in [3.8, 4) is 0 Å². The summed E-state index contributed by atoms with van der Waals surface area (Å²) < 4.78 is 0. The van der Waals surface area contributed by atoms with Crippen molar-refractivity contribution < 1.29 is 4.79 Å². The molecule has 1 aromatic heterocycles. The van der Waals surface area contributed by atoms with Gasteiger partial charge in [-0.1, -0.05) is 12.1 Å². The minimum atomic E-state index is -0.0865. The van der Waals surface area contributed by atoms with E-state index in [4.69, 9.17) is 5.73 Å². The first kappa shape index (κ1) is 13.1. The largest absolute Gasteiger partial charge is 0.397 e. The molecule has 98 valence electrons. The highest BCUT2D eigenvalue weighted by Crippen LogP contribution is 2.24. The van der Waals surface area contributed by atoms with Crippen LogP contribution in [0.2, 0.25) is 0 Å². The molecule has 0 unspecified atom stereocenters. The summed E-state index contributed by atoms with van der Waals surface area (Å²) in [5.41, 5.74) is 8.80. The Labute approximate surface area is 112 Å². The molecule has 0 bridgehead atoms. The van der Waals surface area contributed by atoms with Crippen molar-refractivity contribution in [2.75, 3.05) is 17.2 Å². The Kier molecular flexibility index (Phi) is 3.80. The van der Waals surface area contributed by atoms with Crippen molar-refractivity contribution in [2.24, 2.45) is 0 Å². The third kappa shape index (κ3) is 2.73. The first-order chi connectivity index (χ1) is 9.13. The topological polar surface area (TPSA) is 59.2 Å². The van der Waals surface area contributed by atoms with Gasteiger partial charge in [-0.3, -0.25) is 9.78 Å². The molecular formula is C15H17N3O. The van der Waals surface area contributed by atoms with E-state index in [1.54, 1.807) is 23.4 Å². The molecule has 0 radical (unpaired) electrons. The number of anilines is 2. The van der Waals surface area contributed by atoms with Crippen LogP contribution in [0.5, 0.6) is 0 Å². The number of pyridine rings is 1. The molecular weight excluding hydrogens is 238 g/mol. The van der Waals surface area contributed by atoms with E-state index in [1.165, 1.54) is 0 Å². The van der Waals surface area contributed by atoms with E-state index in [-0.39, 0.29) is 5.91 Å². The van der Waals surface area contributed by atoms with E-state index in [1.807, 2.05) is 38.1 Å². The summed E-state index contributed by atoms with van der Waals surface area (Å²) >= 11 is 0. The Bertz CT molecular complexity index is 595. The molecule has 0 saturated heterocycles. The minimum absolute atomic E-state index is 0.0865. The van der Waals surface area contributed by atoms with Crippen molar-refractivity contribution >= 4 is 17.3 Å². The molecule has 0 aliphatic rings. The van der Waals surface area contributed by atoms with E-state index in [9.17, 15) is 4.79 Å². The number of nitrogens with two attached hydrogens (primary N) is 1. The molecule has 0 fully saturated rings. The van der Waals surface area contributed by atoms with Crippen molar-refractivity contribution in [1.29, 1.82) is 0 Å². The molecule has 2 N–H and O–H groups in total. The maximum atomic E-state index is 12.5. The van der Waals surface area contributed by atoms with Crippen molar-refractivity contribution in [2.45, 2.75) is 13.8 Å². The van der Waals surface area contributed by atoms with E-state index in [2.05, 4.69) is 4.98 Å². The zero-order valence-electron chi connectivity index (χ0n) is 11.1. The summed E-state index contributed by atoms with van der Waals surface area (Å²) in [6, 6.07) is 9.19. The second kappa shape index (κ2) is 5.52. The van der Waals surface area contributed by atoms with Crippen LogP contribution in [0.15, 0.2) is 42.7 Å². The molecule has 1 aromatic carbocycles. The number of aryl methyl sites for hydroxylation is 1. The number of nitrogen functional groups attached to an aromatic ring is 1. The lowest BCUT2D eigenvalue weighted by Gasteiger charge is -2.22. The maximum absolute atomic E-state index is 12.5. The van der Waals surface area contributed by atoms with Crippen LogP contribution in [0.1, 0.15) is 22.8 Å². The molecule has 19 heavy (non-hydrogen) atoms. The third-order valence-corrected chi connectivity index (χ3v) is 2.91. The van der Waals surface area contributed by atoms with E-state index in [0.29, 0.717) is 17.8 Å². The standard InChI is InChI=1S/C15H17N3O/c1-3-18(14-7-5-4-6-13(14)16)15(19)12-8-11(2)9-17-10-12/h4-10H,3,16H2,1-2H3. The first-order valence-electron chi connectivity index (χ1n) is 6.21. The second-order valence-corrected chi connectivity index (χ2v) is 4.36. The molecule has 2 rings (SSSR count). The Morgan fingerprint density at radius 1 is 1.32 bits per heavy atom. The van der Waals surface area contributed by atoms with Gasteiger partial charge >= 0.3 is 0 Å². The summed E-state index contributed by atoms with van der Waals surface area (Å²) in [6.45, 7) is 4.39. The molecule has 4 heteroatoms. The van der Waals surface area contributed by atoms with Crippen LogP contribution in [0.3, 0.4) is 0 Å². The van der Waals surface area contributed by atoms with Crippen LogP contribution in [0.25, 0.3) is 0 Å². The number of aromatic nitrogens is 1. The number of hydrogen-bond donors (Lipinski definition) is 1. The Morgan fingerprint density at radius 2 is 2.05 bits per heavy atom. The molecule has 1 heterocycles. The van der Waals surface area contributed by atoms with Crippen LogP contribution >= 0.6 is 0 Å². The van der Waals surface area contributed by atoms with Gasteiger partial charge in [0.2, 0.25) is 0 Å².